The fraction of sp³-hybridized carbons (Fsp3) is 0.818. The van der Waals surface area contributed by atoms with E-state index in [4.69, 9.17) is 6.42 Å². The molecule has 3 atom stereocenters. The Bertz CT molecular complexity index is 168. The van der Waals surface area contributed by atoms with E-state index in [9.17, 15) is 0 Å². The van der Waals surface area contributed by atoms with Crippen molar-refractivity contribution in [2.24, 2.45) is 5.92 Å². The van der Waals surface area contributed by atoms with Gasteiger partial charge in [-0.1, -0.05) is 26.2 Å². The van der Waals surface area contributed by atoms with Crippen molar-refractivity contribution in [1.82, 2.24) is 5.32 Å². The van der Waals surface area contributed by atoms with Gasteiger partial charge in [-0.2, -0.15) is 0 Å². The first-order valence-corrected chi connectivity index (χ1v) is 5.04. The predicted molar refractivity (Wildman–Crippen MR) is 52.9 cm³/mol. The lowest BCUT2D eigenvalue weighted by Crippen LogP contribution is -2.29. The van der Waals surface area contributed by atoms with Crippen LogP contribution in [-0.4, -0.2) is 12.1 Å². The highest BCUT2D eigenvalue weighted by Gasteiger charge is 2.36. The molecule has 1 heteroatoms. The first-order chi connectivity index (χ1) is 5.81. The largest absolute Gasteiger partial charge is 0.301 e. The number of nitrogens with one attached hydrogen (secondary N) is 1. The first-order valence-electron chi connectivity index (χ1n) is 5.04. The van der Waals surface area contributed by atoms with Crippen molar-refractivity contribution < 1.29 is 0 Å². The van der Waals surface area contributed by atoms with Crippen molar-refractivity contribution in [2.75, 3.05) is 0 Å². The maximum Gasteiger partial charge on any atom is 0.0686 e. The fourth-order valence-corrected chi connectivity index (χ4v) is 1.68. The van der Waals surface area contributed by atoms with Crippen LogP contribution < -0.4 is 5.32 Å². The molecular formula is C11H19N. The van der Waals surface area contributed by atoms with Crippen molar-refractivity contribution in [3.8, 4) is 12.3 Å². The lowest BCUT2D eigenvalue weighted by Gasteiger charge is -2.09. The minimum Gasteiger partial charge on any atom is -0.301 e. The molecule has 1 saturated carbocycles. The molecule has 1 nitrogen and oxygen atoms in total. The third-order valence-corrected chi connectivity index (χ3v) is 2.61. The summed E-state index contributed by atoms with van der Waals surface area (Å²) in [6, 6.07) is 1.03. The average Bonchev–Trinajstić information content (AvgIpc) is 2.80. The second-order valence-corrected chi connectivity index (χ2v) is 3.69. The second kappa shape index (κ2) is 4.52. The molecule has 0 aromatic rings. The van der Waals surface area contributed by atoms with Crippen LogP contribution in [0.5, 0.6) is 0 Å². The molecule has 1 rings (SSSR count). The van der Waals surface area contributed by atoms with Crippen molar-refractivity contribution in [3.63, 3.8) is 0 Å². The van der Waals surface area contributed by atoms with E-state index in [1.807, 2.05) is 0 Å². The Kier molecular flexibility index (Phi) is 3.62. The van der Waals surface area contributed by atoms with Crippen LogP contribution in [0.1, 0.15) is 39.5 Å². The highest BCUT2D eigenvalue weighted by atomic mass is 15.0. The standard InChI is InChI=1S/C11H19N/c1-4-7-9-8-11(9)12-10(5-2)6-3/h2,9-12H,4,6-8H2,1,3H3. The van der Waals surface area contributed by atoms with Gasteiger partial charge in [-0.05, 0) is 25.2 Å². The number of hydrogen-bond acceptors (Lipinski definition) is 1. The Morgan fingerprint density at radius 3 is 2.83 bits per heavy atom. The predicted octanol–water partition coefficient (Wildman–Crippen LogP) is 2.18. The van der Waals surface area contributed by atoms with E-state index in [-0.39, 0.29) is 0 Å². The van der Waals surface area contributed by atoms with Crippen LogP contribution >= 0.6 is 0 Å². The van der Waals surface area contributed by atoms with Gasteiger partial charge in [0.05, 0.1) is 6.04 Å². The van der Waals surface area contributed by atoms with Crippen molar-refractivity contribution in [2.45, 2.75) is 51.6 Å². The Balaban J connectivity index is 2.14. The summed E-state index contributed by atoms with van der Waals surface area (Å²) in [7, 11) is 0. The zero-order valence-corrected chi connectivity index (χ0v) is 8.14. The van der Waals surface area contributed by atoms with Gasteiger partial charge < -0.3 is 5.32 Å². The number of hydrogen-bond donors (Lipinski definition) is 1. The molecule has 1 N–H and O–H groups in total. The minimum atomic E-state index is 0.303. The summed E-state index contributed by atoms with van der Waals surface area (Å²) in [6.07, 6.45) is 10.4. The first kappa shape index (κ1) is 9.61. The molecule has 0 aliphatic heterocycles. The van der Waals surface area contributed by atoms with Crippen LogP contribution in [-0.2, 0) is 0 Å². The summed E-state index contributed by atoms with van der Waals surface area (Å²) in [5, 5.41) is 3.49. The topological polar surface area (TPSA) is 12.0 Å². The van der Waals surface area contributed by atoms with Gasteiger partial charge in [0.1, 0.15) is 0 Å². The summed E-state index contributed by atoms with van der Waals surface area (Å²) in [5.74, 6) is 3.69. The smallest absolute Gasteiger partial charge is 0.0686 e. The zero-order chi connectivity index (χ0) is 8.97. The van der Waals surface area contributed by atoms with E-state index >= 15 is 0 Å². The van der Waals surface area contributed by atoms with E-state index < -0.39 is 0 Å². The van der Waals surface area contributed by atoms with Gasteiger partial charge in [-0.25, -0.2) is 0 Å². The molecule has 0 saturated heterocycles. The molecule has 0 spiro atoms. The third-order valence-electron chi connectivity index (χ3n) is 2.61. The van der Waals surface area contributed by atoms with Crippen molar-refractivity contribution in [3.05, 3.63) is 0 Å². The molecule has 68 valence electrons. The van der Waals surface area contributed by atoms with Crippen LogP contribution in [0.2, 0.25) is 0 Å². The molecule has 0 heterocycles. The summed E-state index contributed by atoms with van der Waals surface area (Å²) in [4.78, 5) is 0. The summed E-state index contributed by atoms with van der Waals surface area (Å²) < 4.78 is 0. The zero-order valence-electron chi connectivity index (χ0n) is 8.14. The van der Waals surface area contributed by atoms with Gasteiger partial charge in [-0.15, -0.1) is 6.42 Å². The third kappa shape index (κ3) is 2.53. The average molecular weight is 165 g/mol. The highest BCUT2D eigenvalue weighted by Crippen LogP contribution is 2.34. The van der Waals surface area contributed by atoms with Gasteiger partial charge in [0, 0.05) is 6.04 Å². The van der Waals surface area contributed by atoms with Gasteiger partial charge in [-0.3, -0.25) is 0 Å². The lowest BCUT2D eigenvalue weighted by atomic mass is 10.2. The van der Waals surface area contributed by atoms with E-state index in [2.05, 4.69) is 25.1 Å². The second-order valence-electron chi connectivity index (χ2n) is 3.69. The molecule has 1 aliphatic rings. The van der Waals surface area contributed by atoms with Gasteiger partial charge in [0.15, 0.2) is 0 Å². The minimum absolute atomic E-state index is 0.303. The summed E-state index contributed by atoms with van der Waals surface area (Å²) in [5.41, 5.74) is 0. The quantitative estimate of drug-likeness (QED) is 0.616. The van der Waals surface area contributed by atoms with E-state index in [0.717, 1.165) is 18.4 Å². The number of terminal acetylenes is 1. The van der Waals surface area contributed by atoms with Crippen molar-refractivity contribution >= 4 is 0 Å². The number of rotatable bonds is 5. The van der Waals surface area contributed by atoms with E-state index in [0.29, 0.717) is 6.04 Å². The maximum absolute atomic E-state index is 5.37. The van der Waals surface area contributed by atoms with Crippen LogP contribution in [0, 0.1) is 18.3 Å². The SMILES string of the molecule is C#CC(CC)NC1CC1CCC. The van der Waals surface area contributed by atoms with Gasteiger partial charge in [0.25, 0.3) is 0 Å². The molecule has 1 fully saturated rings. The van der Waals surface area contributed by atoms with Crippen molar-refractivity contribution in [1.29, 1.82) is 0 Å². The van der Waals surface area contributed by atoms with Crippen LogP contribution in [0.25, 0.3) is 0 Å². The lowest BCUT2D eigenvalue weighted by molar-refractivity contribution is 0.545. The Hall–Kier alpha value is -0.480. The summed E-state index contributed by atoms with van der Waals surface area (Å²) >= 11 is 0. The normalized spacial score (nSPS) is 29.4. The van der Waals surface area contributed by atoms with Crippen LogP contribution in [0.15, 0.2) is 0 Å². The van der Waals surface area contributed by atoms with Gasteiger partial charge >= 0.3 is 0 Å². The molecule has 3 unspecified atom stereocenters. The Labute approximate surface area is 75.9 Å². The molecule has 1 aliphatic carbocycles. The molecule has 0 aromatic carbocycles. The molecule has 12 heavy (non-hydrogen) atoms. The Morgan fingerprint density at radius 2 is 2.33 bits per heavy atom. The molecule has 0 radical (unpaired) electrons. The molecular weight excluding hydrogens is 146 g/mol. The van der Waals surface area contributed by atoms with E-state index in [1.54, 1.807) is 0 Å². The fourth-order valence-electron chi connectivity index (χ4n) is 1.68. The molecule has 0 bridgehead atoms. The van der Waals surface area contributed by atoms with Gasteiger partial charge in [0.2, 0.25) is 0 Å². The molecule has 0 aromatic heterocycles. The monoisotopic (exact) mass is 165 g/mol. The highest BCUT2D eigenvalue weighted by molar-refractivity contribution is 5.03. The summed E-state index contributed by atoms with van der Waals surface area (Å²) in [6.45, 7) is 4.38. The van der Waals surface area contributed by atoms with Crippen LogP contribution in [0.3, 0.4) is 0 Å². The Morgan fingerprint density at radius 1 is 1.58 bits per heavy atom. The van der Waals surface area contributed by atoms with Crippen LogP contribution in [0.4, 0.5) is 0 Å². The maximum atomic E-state index is 5.37. The van der Waals surface area contributed by atoms with E-state index in [1.165, 1.54) is 19.3 Å². The molecule has 0 amide bonds.